The number of benzene rings is 2. The first kappa shape index (κ1) is 16.2. The summed E-state index contributed by atoms with van der Waals surface area (Å²) < 4.78 is 37.8. The number of alkyl halides is 3. The second-order valence-electron chi connectivity index (χ2n) is 5.23. The van der Waals surface area contributed by atoms with Crippen molar-refractivity contribution in [3.63, 3.8) is 0 Å². The third-order valence-corrected chi connectivity index (χ3v) is 3.48. The fourth-order valence-corrected chi connectivity index (χ4v) is 2.07. The van der Waals surface area contributed by atoms with E-state index in [4.69, 9.17) is 0 Å². The van der Waals surface area contributed by atoms with Gasteiger partial charge in [-0.1, -0.05) is 12.1 Å². The number of aryl methyl sites for hydroxylation is 2. The zero-order chi connectivity index (χ0) is 16.2. The lowest BCUT2D eigenvalue weighted by Crippen LogP contribution is -2.14. The van der Waals surface area contributed by atoms with Crippen molar-refractivity contribution < 1.29 is 13.2 Å². The second-order valence-corrected chi connectivity index (χ2v) is 5.23. The number of anilines is 2. The molecule has 2 N–H and O–H groups in total. The van der Waals surface area contributed by atoms with Crippen molar-refractivity contribution in [2.45, 2.75) is 20.0 Å². The van der Waals surface area contributed by atoms with Crippen LogP contribution in [-0.4, -0.2) is 13.1 Å². The molecule has 2 aromatic carbocycles. The third kappa shape index (κ3) is 4.41. The molecule has 0 amide bonds. The minimum atomic E-state index is -4.31. The average Bonchev–Trinajstić information content (AvgIpc) is 2.47. The molecule has 2 rings (SSSR count). The Morgan fingerprint density at radius 3 is 2.05 bits per heavy atom. The van der Waals surface area contributed by atoms with Crippen molar-refractivity contribution in [3.05, 3.63) is 59.2 Å². The molecule has 0 unspecified atom stereocenters. The minimum Gasteiger partial charge on any atom is -0.383 e. The van der Waals surface area contributed by atoms with Gasteiger partial charge in [0.15, 0.2) is 0 Å². The van der Waals surface area contributed by atoms with Crippen LogP contribution in [0.25, 0.3) is 0 Å². The summed E-state index contributed by atoms with van der Waals surface area (Å²) in [7, 11) is 0. The van der Waals surface area contributed by atoms with E-state index in [1.54, 1.807) is 6.07 Å². The first-order valence-electron chi connectivity index (χ1n) is 7.08. The SMILES string of the molecule is Cc1ccc(NCCNc2cccc(C(F)(F)F)c2)cc1C. The highest BCUT2D eigenvalue weighted by atomic mass is 19.4. The van der Waals surface area contributed by atoms with E-state index in [0.717, 1.165) is 17.8 Å². The number of hydrogen-bond acceptors (Lipinski definition) is 2. The molecule has 2 nitrogen and oxygen atoms in total. The molecule has 2 aromatic rings. The molecule has 0 aromatic heterocycles. The Bertz CT molecular complexity index is 636. The molecule has 0 aliphatic rings. The standard InChI is InChI=1S/C17H19F3N2/c1-12-6-7-16(10-13(12)2)22-9-8-21-15-5-3-4-14(11-15)17(18,19)20/h3-7,10-11,21-22H,8-9H2,1-2H3. The highest BCUT2D eigenvalue weighted by Gasteiger charge is 2.30. The monoisotopic (exact) mass is 308 g/mol. The fraction of sp³-hybridized carbons (Fsp3) is 0.294. The van der Waals surface area contributed by atoms with Crippen LogP contribution in [0.4, 0.5) is 24.5 Å². The van der Waals surface area contributed by atoms with E-state index in [1.165, 1.54) is 17.2 Å². The van der Waals surface area contributed by atoms with Crippen molar-refractivity contribution in [3.8, 4) is 0 Å². The second kappa shape index (κ2) is 6.73. The van der Waals surface area contributed by atoms with Gasteiger partial charge in [-0.05, 0) is 55.3 Å². The summed E-state index contributed by atoms with van der Waals surface area (Å²) in [5, 5.41) is 6.23. The predicted octanol–water partition coefficient (Wildman–Crippen LogP) is 4.85. The highest BCUT2D eigenvalue weighted by molar-refractivity contribution is 5.49. The Kier molecular flexibility index (Phi) is 4.96. The molecule has 118 valence electrons. The van der Waals surface area contributed by atoms with Crippen molar-refractivity contribution in [2.75, 3.05) is 23.7 Å². The summed E-state index contributed by atoms with van der Waals surface area (Å²) in [6.45, 7) is 5.25. The molecule has 0 saturated carbocycles. The van der Waals surface area contributed by atoms with Crippen LogP contribution in [0.5, 0.6) is 0 Å². The van der Waals surface area contributed by atoms with Gasteiger partial charge < -0.3 is 10.6 Å². The van der Waals surface area contributed by atoms with Gasteiger partial charge >= 0.3 is 6.18 Å². The number of nitrogens with one attached hydrogen (secondary N) is 2. The van der Waals surface area contributed by atoms with Crippen LogP contribution in [0.3, 0.4) is 0 Å². The number of rotatable bonds is 5. The molecule has 0 atom stereocenters. The van der Waals surface area contributed by atoms with Crippen LogP contribution < -0.4 is 10.6 Å². The Morgan fingerprint density at radius 1 is 0.818 bits per heavy atom. The van der Waals surface area contributed by atoms with Gasteiger partial charge in [-0.15, -0.1) is 0 Å². The zero-order valence-electron chi connectivity index (χ0n) is 12.6. The Balaban J connectivity index is 1.85. The Hall–Kier alpha value is -2.17. The summed E-state index contributed by atoms with van der Waals surface area (Å²) in [6, 6.07) is 11.3. The molecule has 0 aliphatic carbocycles. The molecule has 5 heteroatoms. The summed E-state index contributed by atoms with van der Waals surface area (Å²) in [4.78, 5) is 0. The van der Waals surface area contributed by atoms with Gasteiger partial charge in [0, 0.05) is 24.5 Å². The average molecular weight is 308 g/mol. The topological polar surface area (TPSA) is 24.1 Å². The van der Waals surface area contributed by atoms with Gasteiger partial charge in [0.25, 0.3) is 0 Å². The van der Waals surface area contributed by atoms with Crippen LogP contribution in [0, 0.1) is 13.8 Å². The lowest BCUT2D eigenvalue weighted by molar-refractivity contribution is -0.137. The van der Waals surface area contributed by atoms with Gasteiger partial charge in [0.1, 0.15) is 0 Å². The molecule has 0 spiro atoms. The van der Waals surface area contributed by atoms with E-state index in [-0.39, 0.29) is 0 Å². The maximum Gasteiger partial charge on any atom is 0.416 e. The molecule has 0 aliphatic heterocycles. The summed E-state index contributed by atoms with van der Waals surface area (Å²) in [6.07, 6.45) is -4.31. The van der Waals surface area contributed by atoms with Crippen LogP contribution in [-0.2, 0) is 6.18 Å². The van der Waals surface area contributed by atoms with Gasteiger partial charge in [-0.2, -0.15) is 13.2 Å². The van der Waals surface area contributed by atoms with Crippen molar-refractivity contribution in [2.24, 2.45) is 0 Å². The van der Waals surface area contributed by atoms with Crippen LogP contribution in [0.1, 0.15) is 16.7 Å². The van der Waals surface area contributed by atoms with Crippen LogP contribution in [0.15, 0.2) is 42.5 Å². The van der Waals surface area contributed by atoms with Crippen molar-refractivity contribution in [1.29, 1.82) is 0 Å². The van der Waals surface area contributed by atoms with Gasteiger partial charge in [-0.3, -0.25) is 0 Å². The maximum absolute atomic E-state index is 12.6. The molecule has 0 saturated heterocycles. The van der Waals surface area contributed by atoms with Crippen LogP contribution >= 0.6 is 0 Å². The minimum absolute atomic E-state index is 0.469. The predicted molar refractivity (Wildman–Crippen MR) is 84.3 cm³/mol. The van der Waals surface area contributed by atoms with Crippen molar-refractivity contribution in [1.82, 2.24) is 0 Å². The molecular weight excluding hydrogens is 289 g/mol. The molecule has 0 heterocycles. The summed E-state index contributed by atoms with van der Waals surface area (Å²) >= 11 is 0. The largest absolute Gasteiger partial charge is 0.416 e. The van der Waals surface area contributed by atoms with E-state index in [9.17, 15) is 13.2 Å². The Morgan fingerprint density at radius 2 is 1.45 bits per heavy atom. The smallest absolute Gasteiger partial charge is 0.383 e. The summed E-state index contributed by atoms with van der Waals surface area (Å²) in [5.74, 6) is 0. The van der Waals surface area contributed by atoms with E-state index >= 15 is 0 Å². The molecular formula is C17H19F3N2. The van der Waals surface area contributed by atoms with Crippen LogP contribution in [0.2, 0.25) is 0 Å². The first-order chi connectivity index (χ1) is 10.4. The quantitative estimate of drug-likeness (QED) is 0.772. The molecule has 0 bridgehead atoms. The fourth-order valence-electron chi connectivity index (χ4n) is 2.07. The Labute approximate surface area is 128 Å². The van der Waals surface area contributed by atoms with E-state index in [0.29, 0.717) is 18.8 Å². The molecule has 0 fully saturated rings. The van der Waals surface area contributed by atoms with Crippen molar-refractivity contribution >= 4 is 11.4 Å². The molecule has 0 radical (unpaired) electrons. The molecule has 22 heavy (non-hydrogen) atoms. The third-order valence-electron chi connectivity index (χ3n) is 3.48. The van der Waals surface area contributed by atoms with Gasteiger partial charge in [-0.25, -0.2) is 0 Å². The van der Waals surface area contributed by atoms with E-state index < -0.39 is 11.7 Å². The number of halogens is 3. The van der Waals surface area contributed by atoms with E-state index in [2.05, 4.69) is 16.7 Å². The highest BCUT2D eigenvalue weighted by Crippen LogP contribution is 2.30. The van der Waals surface area contributed by atoms with Gasteiger partial charge in [0.2, 0.25) is 0 Å². The lowest BCUT2D eigenvalue weighted by atomic mass is 10.1. The van der Waals surface area contributed by atoms with E-state index in [1.807, 2.05) is 26.0 Å². The normalized spacial score (nSPS) is 11.3. The van der Waals surface area contributed by atoms with Gasteiger partial charge in [0.05, 0.1) is 5.56 Å². The first-order valence-corrected chi connectivity index (χ1v) is 7.08. The number of hydrogen-bond donors (Lipinski definition) is 2. The zero-order valence-corrected chi connectivity index (χ0v) is 12.6. The lowest BCUT2D eigenvalue weighted by Gasteiger charge is -2.12. The summed E-state index contributed by atoms with van der Waals surface area (Å²) in [5.41, 5.74) is 3.27. The maximum atomic E-state index is 12.6.